The Morgan fingerprint density at radius 2 is 1.45 bits per heavy atom. The molecule has 2 aromatic carbocycles. The first-order chi connectivity index (χ1) is 18.2. The lowest BCUT2D eigenvalue weighted by molar-refractivity contribution is 0.313. The van der Waals surface area contributed by atoms with Crippen molar-refractivity contribution in [3.8, 4) is 11.1 Å². The van der Waals surface area contributed by atoms with Gasteiger partial charge in [-0.05, 0) is 70.7 Å². The van der Waals surface area contributed by atoms with Gasteiger partial charge in [0, 0.05) is 54.4 Å². The van der Waals surface area contributed by atoms with Crippen molar-refractivity contribution in [3.05, 3.63) is 66.0 Å². The lowest BCUT2D eigenvalue weighted by atomic mass is 10.0. The van der Waals surface area contributed by atoms with Crippen LogP contribution in [0.15, 0.2) is 60.4 Å². The van der Waals surface area contributed by atoms with Gasteiger partial charge in [-0.15, -0.1) is 0 Å². The molecule has 4 aromatic rings. The van der Waals surface area contributed by atoms with Gasteiger partial charge in [-0.3, -0.25) is 0 Å². The van der Waals surface area contributed by atoms with Gasteiger partial charge in [0.15, 0.2) is 0 Å². The van der Waals surface area contributed by atoms with E-state index in [0.29, 0.717) is 16.6 Å². The third-order valence-corrected chi connectivity index (χ3v) is 15.9. The molecule has 0 radical (unpaired) electrons. The van der Waals surface area contributed by atoms with Crippen LogP contribution in [-0.2, 0) is 0 Å². The predicted molar refractivity (Wildman–Crippen MR) is 169 cm³/mol. The third kappa shape index (κ3) is 4.82. The number of nitrogens with zero attached hydrogens (tertiary/aromatic N) is 3. The minimum absolute atomic E-state index is 0.694. The number of H-pyrrole nitrogens is 1. The zero-order valence-electron chi connectivity index (χ0n) is 24.3. The summed E-state index contributed by atoms with van der Waals surface area (Å²) in [6.07, 6.45) is 4.36. The van der Waals surface area contributed by atoms with E-state index in [1.54, 1.807) is 0 Å². The molecule has 0 saturated carbocycles. The highest BCUT2D eigenvalue weighted by atomic mass is 28.3. The molecule has 1 N–H and O–H groups in total. The van der Waals surface area contributed by atoms with Crippen LogP contribution in [0, 0.1) is 0 Å². The molecule has 1 aliphatic rings. The van der Waals surface area contributed by atoms with E-state index in [9.17, 15) is 0 Å². The van der Waals surface area contributed by atoms with Crippen LogP contribution in [0.5, 0.6) is 0 Å². The van der Waals surface area contributed by atoms with E-state index in [2.05, 4.69) is 124 Å². The van der Waals surface area contributed by atoms with Crippen molar-refractivity contribution in [1.29, 1.82) is 0 Å². The smallest absolute Gasteiger partial charge is 0.138 e. The summed E-state index contributed by atoms with van der Waals surface area (Å²) in [6, 6.07) is 18.1. The summed E-state index contributed by atoms with van der Waals surface area (Å²) >= 11 is 0. The van der Waals surface area contributed by atoms with Gasteiger partial charge >= 0.3 is 0 Å². The zero-order valence-corrected chi connectivity index (χ0v) is 25.3. The number of aromatic amines is 1. The Bertz CT molecular complexity index is 1400. The molecule has 38 heavy (non-hydrogen) atoms. The average molecular weight is 525 g/mol. The SMILES string of the molecule is CC(C)[Si](/C=C\c1ccnc2[nH]c3ccc(-c4ccc(N5CCN(C)CC5)cc4)cc3c12)(C(C)C)C(C)C. The van der Waals surface area contributed by atoms with E-state index in [0.717, 1.165) is 37.3 Å². The number of piperazine rings is 1. The highest BCUT2D eigenvalue weighted by Gasteiger charge is 2.40. The molecule has 1 aliphatic heterocycles. The topological polar surface area (TPSA) is 35.2 Å². The third-order valence-electron chi connectivity index (χ3n) is 9.15. The fourth-order valence-electron chi connectivity index (χ4n) is 6.90. The highest BCUT2D eigenvalue weighted by molar-refractivity contribution is 6.88. The van der Waals surface area contributed by atoms with Crippen molar-refractivity contribution in [2.24, 2.45) is 0 Å². The number of likely N-dealkylation sites (N-methyl/N-ethyl adjacent to an activating group) is 1. The molecule has 0 amide bonds. The number of pyridine rings is 1. The van der Waals surface area contributed by atoms with Gasteiger partial charge < -0.3 is 14.8 Å². The first-order valence-electron chi connectivity index (χ1n) is 14.3. The Labute approximate surface area is 229 Å². The van der Waals surface area contributed by atoms with E-state index in [1.165, 1.54) is 33.2 Å². The minimum Gasteiger partial charge on any atom is -0.369 e. The van der Waals surface area contributed by atoms with Gasteiger partial charge in [0.2, 0.25) is 0 Å². The van der Waals surface area contributed by atoms with Crippen LogP contribution in [0.25, 0.3) is 39.1 Å². The van der Waals surface area contributed by atoms with Crippen molar-refractivity contribution >= 4 is 41.8 Å². The van der Waals surface area contributed by atoms with E-state index >= 15 is 0 Å². The van der Waals surface area contributed by atoms with Crippen molar-refractivity contribution < 1.29 is 0 Å². The lowest BCUT2D eigenvalue weighted by Gasteiger charge is -2.40. The van der Waals surface area contributed by atoms with Gasteiger partial charge in [-0.25, -0.2) is 4.98 Å². The summed E-state index contributed by atoms with van der Waals surface area (Å²) in [4.78, 5) is 13.2. The fourth-order valence-corrected chi connectivity index (χ4v) is 12.5. The van der Waals surface area contributed by atoms with Crippen LogP contribution >= 0.6 is 0 Å². The summed E-state index contributed by atoms with van der Waals surface area (Å²) in [7, 11) is 0.554. The maximum Gasteiger partial charge on any atom is 0.138 e. The van der Waals surface area contributed by atoms with Crippen LogP contribution in [-0.4, -0.2) is 56.2 Å². The Balaban J connectivity index is 1.53. The van der Waals surface area contributed by atoms with Crippen LogP contribution in [0.1, 0.15) is 47.1 Å². The Kier molecular flexibility index (Phi) is 7.52. The van der Waals surface area contributed by atoms with Gasteiger partial charge in [0.25, 0.3) is 0 Å². The second kappa shape index (κ2) is 10.7. The molecule has 3 heterocycles. The molecule has 0 unspecified atom stereocenters. The van der Waals surface area contributed by atoms with Crippen LogP contribution < -0.4 is 4.90 Å². The normalized spacial score (nSPS) is 15.8. The molecular formula is C33H44N4Si. The van der Waals surface area contributed by atoms with Gasteiger partial charge in [0.1, 0.15) is 5.65 Å². The molecule has 0 spiro atoms. The number of benzene rings is 2. The summed E-state index contributed by atoms with van der Waals surface area (Å²) in [6.45, 7) is 19.0. The highest BCUT2D eigenvalue weighted by Crippen LogP contribution is 2.43. The second-order valence-electron chi connectivity index (χ2n) is 12.1. The first kappa shape index (κ1) is 26.7. The molecule has 5 rings (SSSR count). The first-order valence-corrected chi connectivity index (χ1v) is 16.6. The Morgan fingerprint density at radius 1 is 0.816 bits per heavy atom. The minimum atomic E-state index is -1.65. The number of hydrogen-bond acceptors (Lipinski definition) is 3. The monoisotopic (exact) mass is 524 g/mol. The summed E-state index contributed by atoms with van der Waals surface area (Å²) in [5.74, 6) is 0. The molecule has 0 atom stereocenters. The lowest BCUT2D eigenvalue weighted by Crippen LogP contribution is -2.44. The molecular weight excluding hydrogens is 480 g/mol. The van der Waals surface area contributed by atoms with Crippen molar-refractivity contribution in [3.63, 3.8) is 0 Å². The Hall–Kier alpha value is -2.89. The largest absolute Gasteiger partial charge is 0.369 e. The average Bonchev–Trinajstić information content (AvgIpc) is 3.27. The van der Waals surface area contributed by atoms with Crippen LogP contribution in [0.4, 0.5) is 5.69 Å². The van der Waals surface area contributed by atoms with Crippen LogP contribution in [0.3, 0.4) is 0 Å². The van der Waals surface area contributed by atoms with Gasteiger partial charge in [-0.2, -0.15) is 0 Å². The number of anilines is 1. The van der Waals surface area contributed by atoms with E-state index in [-0.39, 0.29) is 0 Å². The van der Waals surface area contributed by atoms with E-state index < -0.39 is 8.07 Å². The molecule has 1 saturated heterocycles. The van der Waals surface area contributed by atoms with Crippen molar-refractivity contribution in [1.82, 2.24) is 14.9 Å². The number of hydrogen-bond donors (Lipinski definition) is 1. The summed E-state index contributed by atoms with van der Waals surface area (Å²) in [5, 5.41) is 2.48. The molecule has 5 heteroatoms. The van der Waals surface area contributed by atoms with Crippen molar-refractivity contribution in [2.75, 3.05) is 38.1 Å². The maximum atomic E-state index is 4.71. The molecule has 4 nitrogen and oxygen atoms in total. The second-order valence-corrected chi connectivity index (χ2v) is 17.9. The van der Waals surface area contributed by atoms with Crippen LogP contribution in [0.2, 0.25) is 16.6 Å². The zero-order chi connectivity index (χ0) is 27.0. The van der Waals surface area contributed by atoms with E-state index in [4.69, 9.17) is 4.98 Å². The maximum absolute atomic E-state index is 4.71. The quantitative estimate of drug-likeness (QED) is 0.247. The standard InChI is InChI=1S/C33H44N4Si/c1-23(2)38(24(3)4,25(5)6)21-15-27-14-16-34-33-32(27)30-22-28(10-13-31(30)35-33)26-8-11-29(12-9-26)37-19-17-36(7)18-20-37/h8-16,21-25H,17-20H2,1-7H3,(H,34,35)/b21-15-. The molecule has 2 aromatic heterocycles. The Morgan fingerprint density at radius 3 is 2.08 bits per heavy atom. The van der Waals surface area contributed by atoms with Crippen molar-refractivity contribution in [2.45, 2.75) is 58.2 Å². The van der Waals surface area contributed by atoms with Gasteiger partial charge in [0.05, 0.1) is 8.07 Å². The van der Waals surface area contributed by atoms with Gasteiger partial charge in [-0.1, -0.05) is 71.5 Å². The summed E-state index contributed by atoms with van der Waals surface area (Å²) < 4.78 is 0. The van der Waals surface area contributed by atoms with E-state index in [1.807, 2.05) is 6.20 Å². The molecule has 0 bridgehead atoms. The number of nitrogens with one attached hydrogen (secondary N) is 1. The predicted octanol–water partition coefficient (Wildman–Crippen LogP) is 8.37. The number of aromatic nitrogens is 2. The fraction of sp³-hybridized carbons (Fsp3) is 0.424. The molecule has 1 fully saturated rings. The number of rotatable bonds is 7. The molecule has 0 aliphatic carbocycles. The summed E-state index contributed by atoms with van der Waals surface area (Å²) in [5.41, 5.74) is 11.9. The number of fused-ring (bicyclic) bond motifs is 3. The molecule has 200 valence electrons.